The van der Waals surface area contributed by atoms with Crippen molar-refractivity contribution in [2.24, 2.45) is 5.92 Å². The van der Waals surface area contributed by atoms with Gasteiger partial charge in [0.15, 0.2) is 0 Å². The summed E-state index contributed by atoms with van der Waals surface area (Å²) in [6.45, 7) is 1.95. The lowest BCUT2D eigenvalue weighted by Crippen LogP contribution is -1.99. The highest BCUT2D eigenvalue weighted by Gasteiger charge is 2.25. The summed E-state index contributed by atoms with van der Waals surface area (Å²) in [7, 11) is 0. The Hall–Kier alpha value is -0.890. The minimum atomic E-state index is -0.283. The molecule has 0 aromatic carbocycles. The molecule has 1 aliphatic carbocycles. The van der Waals surface area contributed by atoms with E-state index in [1.807, 2.05) is 19.1 Å². The molecular weight excluding hydrogens is 162 g/mol. The minimum Gasteiger partial charge on any atom is -0.388 e. The molecule has 1 aromatic heterocycles. The molecule has 2 nitrogen and oxygen atoms in total. The summed E-state index contributed by atoms with van der Waals surface area (Å²) in [6, 6.07) is 3.87. The Labute approximate surface area is 78.6 Å². The smallest absolute Gasteiger partial charge is 0.0793 e. The number of hydrogen-bond acceptors (Lipinski definition) is 2. The second-order valence-electron chi connectivity index (χ2n) is 3.93. The molecule has 0 spiro atoms. The molecule has 1 aliphatic rings. The van der Waals surface area contributed by atoms with Crippen LogP contribution in [0.3, 0.4) is 0 Å². The van der Waals surface area contributed by atoms with Crippen molar-refractivity contribution in [2.45, 2.75) is 32.3 Å². The molecule has 1 saturated carbocycles. The Morgan fingerprint density at radius 1 is 1.62 bits per heavy atom. The summed E-state index contributed by atoms with van der Waals surface area (Å²) in [6.07, 6.45) is 4.99. The van der Waals surface area contributed by atoms with Crippen LogP contribution in [-0.4, -0.2) is 10.1 Å². The monoisotopic (exact) mass is 177 g/mol. The zero-order valence-electron chi connectivity index (χ0n) is 7.90. The van der Waals surface area contributed by atoms with E-state index in [1.54, 1.807) is 6.20 Å². The van der Waals surface area contributed by atoms with Gasteiger partial charge in [-0.15, -0.1) is 0 Å². The van der Waals surface area contributed by atoms with Gasteiger partial charge in [0.2, 0.25) is 0 Å². The molecule has 1 heterocycles. The van der Waals surface area contributed by atoms with E-state index >= 15 is 0 Å². The fourth-order valence-electron chi connectivity index (χ4n) is 1.58. The number of aliphatic hydroxyl groups excluding tert-OH is 1. The van der Waals surface area contributed by atoms with Crippen LogP contribution in [-0.2, 0) is 0 Å². The molecule has 1 unspecified atom stereocenters. The van der Waals surface area contributed by atoms with Crippen molar-refractivity contribution in [1.82, 2.24) is 4.98 Å². The van der Waals surface area contributed by atoms with Gasteiger partial charge in [0.25, 0.3) is 0 Å². The quantitative estimate of drug-likeness (QED) is 0.768. The number of aliphatic hydroxyl groups is 1. The summed E-state index contributed by atoms with van der Waals surface area (Å²) < 4.78 is 0. The van der Waals surface area contributed by atoms with E-state index in [0.717, 1.165) is 23.6 Å². The predicted octanol–water partition coefficient (Wildman–Crippen LogP) is 2.22. The normalized spacial score (nSPS) is 18.6. The average molecular weight is 177 g/mol. The number of pyridine rings is 1. The summed E-state index contributed by atoms with van der Waals surface area (Å²) in [5, 5.41) is 9.83. The largest absolute Gasteiger partial charge is 0.388 e. The Kier molecular flexibility index (Phi) is 2.32. The van der Waals surface area contributed by atoms with Crippen LogP contribution in [0.5, 0.6) is 0 Å². The number of aromatic nitrogens is 1. The Morgan fingerprint density at radius 3 is 3.00 bits per heavy atom. The number of rotatable bonds is 3. The van der Waals surface area contributed by atoms with Gasteiger partial charge >= 0.3 is 0 Å². The molecule has 1 atom stereocenters. The molecule has 2 heteroatoms. The number of nitrogens with zero attached hydrogens (tertiary/aromatic N) is 1. The second-order valence-corrected chi connectivity index (χ2v) is 3.93. The van der Waals surface area contributed by atoms with Gasteiger partial charge in [-0.2, -0.15) is 0 Å². The van der Waals surface area contributed by atoms with E-state index in [0.29, 0.717) is 0 Å². The van der Waals surface area contributed by atoms with Crippen molar-refractivity contribution < 1.29 is 5.11 Å². The highest BCUT2D eigenvalue weighted by Crippen LogP contribution is 2.37. The van der Waals surface area contributed by atoms with Crippen molar-refractivity contribution in [2.75, 3.05) is 0 Å². The Morgan fingerprint density at radius 2 is 2.38 bits per heavy atom. The van der Waals surface area contributed by atoms with E-state index in [4.69, 9.17) is 0 Å². The molecule has 0 aliphatic heterocycles. The fourth-order valence-corrected chi connectivity index (χ4v) is 1.58. The Bertz CT molecular complexity index is 294. The number of aryl methyl sites for hydroxylation is 1. The van der Waals surface area contributed by atoms with Crippen molar-refractivity contribution in [1.29, 1.82) is 0 Å². The van der Waals surface area contributed by atoms with Crippen LogP contribution in [0.1, 0.15) is 36.6 Å². The first-order chi connectivity index (χ1) is 6.25. The van der Waals surface area contributed by atoms with Crippen LogP contribution < -0.4 is 0 Å². The molecule has 1 N–H and O–H groups in total. The first-order valence-electron chi connectivity index (χ1n) is 4.86. The molecule has 1 aromatic rings. The molecule has 0 saturated heterocycles. The van der Waals surface area contributed by atoms with Gasteiger partial charge in [0.1, 0.15) is 0 Å². The van der Waals surface area contributed by atoms with E-state index in [2.05, 4.69) is 4.98 Å². The maximum atomic E-state index is 9.83. The maximum Gasteiger partial charge on any atom is 0.0793 e. The van der Waals surface area contributed by atoms with Crippen LogP contribution in [0, 0.1) is 12.8 Å². The lowest BCUT2D eigenvalue weighted by atomic mass is 10.0. The third-order valence-electron chi connectivity index (χ3n) is 2.56. The minimum absolute atomic E-state index is 0.283. The summed E-state index contributed by atoms with van der Waals surface area (Å²) >= 11 is 0. The van der Waals surface area contributed by atoms with Crippen molar-refractivity contribution in [3.05, 3.63) is 29.6 Å². The third-order valence-corrected chi connectivity index (χ3v) is 2.56. The van der Waals surface area contributed by atoms with Crippen molar-refractivity contribution in [3.8, 4) is 0 Å². The summed E-state index contributed by atoms with van der Waals surface area (Å²) in [5.41, 5.74) is 1.99. The molecule has 70 valence electrons. The van der Waals surface area contributed by atoms with Crippen LogP contribution in [0.4, 0.5) is 0 Å². The predicted molar refractivity (Wildman–Crippen MR) is 51.3 cm³/mol. The topological polar surface area (TPSA) is 33.1 Å². The molecule has 0 amide bonds. The molecule has 0 radical (unpaired) electrons. The first kappa shape index (κ1) is 8.70. The van der Waals surface area contributed by atoms with E-state index in [9.17, 15) is 5.11 Å². The molecular formula is C11H15NO. The van der Waals surface area contributed by atoms with Crippen LogP contribution in [0.25, 0.3) is 0 Å². The van der Waals surface area contributed by atoms with Gasteiger partial charge in [-0.05, 0) is 37.0 Å². The van der Waals surface area contributed by atoms with Crippen LogP contribution >= 0.6 is 0 Å². The lowest BCUT2D eigenvalue weighted by Gasteiger charge is -2.09. The van der Waals surface area contributed by atoms with E-state index in [1.165, 1.54) is 12.8 Å². The van der Waals surface area contributed by atoms with E-state index < -0.39 is 0 Å². The van der Waals surface area contributed by atoms with E-state index in [-0.39, 0.29) is 6.10 Å². The van der Waals surface area contributed by atoms with Gasteiger partial charge in [-0.25, -0.2) is 0 Å². The summed E-state index contributed by atoms with van der Waals surface area (Å²) in [4.78, 5) is 4.11. The zero-order valence-corrected chi connectivity index (χ0v) is 7.90. The van der Waals surface area contributed by atoms with Gasteiger partial charge in [0.05, 0.1) is 6.10 Å². The highest BCUT2D eigenvalue weighted by atomic mass is 16.3. The standard InChI is InChI=1S/C11H15NO/c1-8-6-10(4-5-12-8)11(13)7-9-2-3-9/h4-6,9,11,13H,2-3,7H2,1H3. The van der Waals surface area contributed by atoms with Gasteiger partial charge in [0, 0.05) is 11.9 Å². The van der Waals surface area contributed by atoms with Crippen molar-refractivity contribution >= 4 is 0 Å². The average Bonchev–Trinajstić information content (AvgIpc) is 2.88. The summed E-state index contributed by atoms with van der Waals surface area (Å²) in [5.74, 6) is 0.767. The first-order valence-corrected chi connectivity index (χ1v) is 4.86. The van der Waals surface area contributed by atoms with Gasteiger partial charge in [-0.1, -0.05) is 12.8 Å². The highest BCUT2D eigenvalue weighted by molar-refractivity contribution is 5.18. The van der Waals surface area contributed by atoms with Crippen LogP contribution in [0.2, 0.25) is 0 Å². The zero-order chi connectivity index (χ0) is 9.26. The molecule has 0 bridgehead atoms. The van der Waals surface area contributed by atoms with Crippen molar-refractivity contribution in [3.63, 3.8) is 0 Å². The lowest BCUT2D eigenvalue weighted by molar-refractivity contribution is 0.160. The molecule has 1 fully saturated rings. The molecule has 13 heavy (non-hydrogen) atoms. The van der Waals surface area contributed by atoms with Crippen LogP contribution in [0.15, 0.2) is 18.3 Å². The SMILES string of the molecule is Cc1cc(C(O)CC2CC2)ccn1. The molecule has 2 rings (SSSR count). The number of hydrogen-bond donors (Lipinski definition) is 1. The maximum absolute atomic E-state index is 9.83. The third kappa shape index (κ3) is 2.28. The Balaban J connectivity index is 2.04. The fraction of sp³-hybridized carbons (Fsp3) is 0.545. The second kappa shape index (κ2) is 3.46. The van der Waals surface area contributed by atoms with Gasteiger partial charge in [-0.3, -0.25) is 4.98 Å². The van der Waals surface area contributed by atoms with Gasteiger partial charge < -0.3 is 5.11 Å².